The first-order chi connectivity index (χ1) is 26.0. The summed E-state index contributed by atoms with van der Waals surface area (Å²) < 4.78 is 9.05. The second-order valence-corrected chi connectivity index (χ2v) is 15.3. The monoisotopic (exact) mass is 675 g/mol. The molecule has 9 aromatic carbocycles. The number of nitrogens with zero attached hydrogens (tertiary/aromatic N) is 1. The van der Waals surface area contributed by atoms with Gasteiger partial charge in [0.15, 0.2) is 0 Å². The molecule has 0 aliphatic heterocycles. The molecule has 1 aliphatic rings. The molecular formula is C51H33NO. The van der Waals surface area contributed by atoms with Crippen LogP contribution in [-0.4, -0.2) is 4.57 Å². The van der Waals surface area contributed by atoms with Crippen LogP contribution in [-0.2, 0) is 5.41 Å². The molecule has 0 N–H and O–H groups in total. The molecule has 0 unspecified atom stereocenters. The van der Waals surface area contributed by atoms with Crippen molar-refractivity contribution >= 4 is 76.1 Å². The van der Waals surface area contributed by atoms with Crippen molar-refractivity contribution in [2.45, 2.75) is 19.3 Å². The van der Waals surface area contributed by atoms with Crippen molar-refractivity contribution in [3.63, 3.8) is 0 Å². The highest BCUT2D eigenvalue weighted by Gasteiger charge is 2.39. The first-order valence-corrected chi connectivity index (χ1v) is 18.5. The summed E-state index contributed by atoms with van der Waals surface area (Å²) in [5, 5.41) is 12.7. The number of hydrogen-bond acceptors (Lipinski definition) is 1. The second-order valence-electron chi connectivity index (χ2n) is 15.3. The summed E-state index contributed by atoms with van der Waals surface area (Å²) in [5.41, 5.74) is 12.9. The largest absolute Gasteiger partial charge is 0.456 e. The Kier molecular flexibility index (Phi) is 5.60. The lowest BCUT2D eigenvalue weighted by atomic mass is 9.81. The van der Waals surface area contributed by atoms with E-state index in [0.717, 1.165) is 16.9 Å². The molecule has 2 heterocycles. The van der Waals surface area contributed by atoms with Gasteiger partial charge in [0.2, 0.25) is 0 Å². The molecule has 0 amide bonds. The van der Waals surface area contributed by atoms with Gasteiger partial charge in [-0.05, 0) is 109 Å². The molecular weight excluding hydrogens is 643 g/mol. The molecule has 248 valence electrons. The van der Waals surface area contributed by atoms with Crippen LogP contribution in [0.5, 0.6) is 0 Å². The van der Waals surface area contributed by atoms with Gasteiger partial charge in [0, 0.05) is 38.2 Å². The molecule has 0 saturated heterocycles. The van der Waals surface area contributed by atoms with E-state index in [4.69, 9.17) is 4.42 Å². The maximum atomic E-state index is 6.61. The molecule has 0 bridgehead atoms. The van der Waals surface area contributed by atoms with Gasteiger partial charge >= 0.3 is 0 Å². The van der Waals surface area contributed by atoms with Crippen molar-refractivity contribution in [1.82, 2.24) is 4.57 Å². The van der Waals surface area contributed by atoms with Crippen molar-refractivity contribution in [2.24, 2.45) is 0 Å². The molecule has 0 fully saturated rings. The van der Waals surface area contributed by atoms with Crippen molar-refractivity contribution in [3.05, 3.63) is 175 Å². The topological polar surface area (TPSA) is 18.1 Å². The molecule has 0 saturated carbocycles. The van der Waals surface area contributed by atoms with Crippen molar-refractivity contribution in [1.29, 1.82) is 0 Å². The second kappa shape index (κ2) is 10.2. The maximum Gasteiger partial charge on any atom is 0.140 e. The van der Waals surface area contributed by atoms with Crippen LogP contribution >= 0.6 is 0 Å². The number of aromatic nitrogens is 1. The number of hydrogen-bond donors (Lipinski definition) is 0. The van der Waals surface area contributed by atoms with Gasteiger partial charge < -0.3 is 8.98 Å². The summed E-state index contributed by atoms with van der Waals surface area (Å²) in [6, 6.07) is 60.4. The highest BCUT2D eigenvalue weighted by atomic mass is 16.3. The Labute approximate surface area is 306 Å². The standard InChI is InChI=1S/C51H33NO/c1-51(2)45-28-44-38-15-7-9-17-46(38)52(47(44)29-43(45)40-25-26-41-39-16-8-10-18-48(39)53-50(41)49(40)51)32-22-19-30(20-23-32)31-21-24-37-35-13-4-3-11-33(35)34-12-5-6-14-36(34)42(37)27-31/h3-29H,1-2H3. The Morgan fingerprint density at radius 2 is 1.00 bits per heavy atom. The summed E-state index contributed by atoms with van der Waals surface area (Å²) in [6.45, 7) is 4.71. The van der Waals surface area contributed by atoms with Gasteiger partial charge in [0.05, 0.1) is 11.0 Å². The minimum Gasteiger partial charge on any atom is -0.456 e. The Hall–Kier alpha value is -6.64. The summed E-state index contributed by atoms with van der Waals surface area (Å²) >= 11 is 0. The fourth-order valence-corrected chi connectivity index (χ4v) is 9.69. The van der Waals surface area contributed by atoms with E-state index in [1.807, 2.05) is 0 Å². The lowest BCUT2D eigenvalue weighted by Gasteiger charge is -2.21. The lowest BCUT2D eigenvalue weighted by Crippen LogP contribution is -2.15. The van der Waals surface area contributed by atoms with Crippen LogP contribution in [0.3, 0.4) is 0 Å². The van der Waals surface area contributed by atoms with E-state index < -0.39 is 0 Å². The highest BCUT2D eigenvalue weighted by Crippen LogP contribution is 2.54. The summed E-state index contributed by atoms with van der Waals surface area (Å²) in [7, 11) is 0. The van der Waals surface area contributed by atoms with Gasteiger partial charge in [-0.25, -0.2) is 0 Å². The molecule has 11 aromatic rings. The average Bonchev–Trinajstić information content (AvgIpc) is 3.82. The van der Waals surface area contributed by atoms with Gasteiger partial charge in [0.25, 0.3) is 0 Å². The van der Waals surface area contributed by atoms with E-state index in [0.29, 0.717) is 0 Å². The Balaban J connectivity index is 1.03. The molecule has 2 heteroatoms. The molecule has 2 aromatic heterocycles. The minimum absolute atomic E-state index is 0.214. The fraction of sp³-hybridized carbons (Fsp3) is 0.0588. The van der Waals surface area contributed by atoms with Crippen LogP contribution in [0.2, 0.25) is 0 Å². The summed E-state index contributed by atoms with van der Waals surface area (Å²) in [4.78, 5) is 0. The number of furan rings is 1. The zero-order valence-corrected chi connectivity index (χ0v) is 29.4. The maximum absolute atomic E-state index is 6.61. The van der Waals surface area contributed by atoms with E-state index >= 15 is 0 Å². The van der Waals surface area contributed by atoms with E-state index in [9.17, 15) is 0 Å². The van der Waals surface area contributed by atoms with Gasteiger partial charge in [-0.2, -0.15) is 0 Å². The zero-order chi connectivity index (χ0) is 35.0. The summed E-state index contributed by atoms with van der Waals surface area (Å²) in [6.07, 6.45) is 0. The van der Waals surface area contributed by atoms with Crippen LogP contribution in [0.25, 0.3) is 104 Å². The zero-order valence-electron chi connectivity index (χ0n) is 29.4. The molecule has 12 rings (SSSR count). The third kappa shape index (κ3) is 3.82. The Bertz CT molecular complexity index is 3320. The summed E-state index contributed by atoms with van der Waals surface area (Å²) in [5.74, 6) is 0. The molecule has 2 nitrogen and oxygen atoms in total. The van der Waals surface area contributed by atoms with Crippen LogP contribution in [0.1, 0.15) is 25.0 Å². The average molecular weight is 676 g/mol. The van der Waals surface area contributed by atoms with E-state index in [1.54, 1.807) is 0 Å². The van der Waals surface area contributed by atoms with Crippen LogP contribution in [0.15, 0.2) is 168 Å². The first kappa shape index (κ1) is 29.0. The van der Waals surface area contributed by atoms with E-state index in [-0.39, 0.29) is 5.41 Å². The Morgan fingerprint density at radius 1 is 0.415 bits per heavy atom. The van der Waals surface area contributed by atoms with Gasteiger partial charge in [-0.1, -0.05) is 129 Å². The van der Waals surface area contributed by atoms with Crippen LogP contribution in [0.4, 0.5) is 0 Å². The molecule has 0 radical (unpaired) electrons. The predicted molar refractivity (Wildman–Crippen MR) is 224 cm³/mol. The van der Waals surface area contributed by atoms with Crippen molar-refractivity contribution in [2.75, 3.05) is 0 Å². The normalized spacial score (nSPS) is 13.6. The smallest absolute Gasteiger partial charge is 0.140 e. The third-order valence-electron chi connectivity index (χ3n) is 12.2. The Morgan fingerprint density at radius 3 is 1.74 bits per heavy atom. The quantitative estimate of drug-likeness (QED) is 0.167. The van der Waals surface area contributed by atoms with E-state index in [1.165, 1.54) is 98.3 Å². The molecule has 0 atom stereocenters. The third-order valence-corrected chi connectivity index (χ3v) is 12.2. The van der Waals surface area contributed by atoms with Gasteiger partial charge in [-0.3, -0.25) is 0 Å². The van der Waals surface area contributed by atoms with Crippen molar-refractivity contribution in [3.8, 4) is 27.9 Å². The lowest BCUT2D eigenvalue weighted by molar-refractivity contribution is 0.620. The van der Waals surface area contributed by atoms with Gasteiger partial charge in [0.1, 0.15) is 11.2 Å². The van der Waals surface area contributed by atoms with Crippen LogP contribution in [0, 0.1) is 0 Å². The predicted octanol–water partition coefficient (Wildman–Crippen LogP) is 14.1. The number of para-hydroxylation sites is 2. The van der Waals surface area contributed by atoms with Crippen molar-refractivity contribution < 1.29 is 4.42 Å². The SMILES string of the molecule is CC1(C)c2cc3c4ccccc4n(-c4ccc(-c5ccc6c7ccccc7c7ccccc7c6c5)cc4)c3cc2-c2ccc3c(oc4ccccc43)c21. The fourth-order valence-electron chi connectivity index (χ4n) is 9.69. The number of rotatable bonds is 2. The molecule has 53 heavy (non-hydrogen) atoms. The molecule has 0 spiro atoms. The van der Waals surface area contributed by atoms with E-state index in [2.05, 4.69) is 182 Å². The minimum atomic E-state index is -0.214. The first-order valence-electron chi connectivity index (χ1n) is 18.5. The molecule has 1 aliphatic carbocycles. The van der Waals surface area contributed by atoms with Crippen LogP contribution < -0.4 is 0 Å². The van der Waals surface area contributed by atoms with Gasteiger partial charge in [-0.15, -0.1) is 0 Å². The number of benzene rings is 9. The highest BCUT2D eigenvalue weighted by molar-refractivity contribution is 6.25. The number of fused-ring (bicyclic) bond motifs is 16.